The summed E-state index contributed by atoms with van der Waals surface area (Å²) in [5, 5.41) is 1.72. The van der Waals surface area contributed by atoms with Crippen LogP contribution in [0.5, 0.6) is 17.2 Å². The van der Waals surface area contributed by atoms with E-state index in [2.05, 4.69) is 5.43 Å². The number of para-hydroxylation sites is 1. The van der Waals surface area contributed by atoms with Gasteiger partial charge in [-0.05, 0) is 65.7 Å². The van der Waals surface area contributed by atoms with Crippen LogP contribution < -0.4 is 24.6 Å². The first kappa shape index (κ1) is 20.5. The summed E-state index contributed by atoms with van der Waals surface area (Å²) in [5.74, 6) is 0.762. The molecule has 0 saturated carbocycles. The number of methoxy groups -OCH3 is 3. The molecule has 1 unspecified atom stereocenters. The number of rotatable bonds is 6. The number of hydrazine groups is 1. The van der Waals surface area contributed by atoms with E-state index in [1.165, 1.54) is 25.3 Å². The van der Waals surface area contributed by atoms with Crippen molar-refractivity contribution in [2.45, 2.75) is 6.04 Å². The van der Waals surface area contributed by atoms with Gasteiger partial charge in [-0.15, -0.1) is 0 Å². The van der Waals surface area contributed by atoms with E-state index < -0.39 is 6.04 Å². The molecule has 0 saturated heterocycles. The fraction of sp³-hybridized carbons (Fsp3) is 0.167. The van der Waals surface area contributed by atoms with Crippen LogP contribution in [0.25, 0.3) is 5.70 Å². The molecule has 3 aromatic carbocycles. The summed E-state index contributed by atoms with van der Waals surface area (Å²) in [7, 11) is 4.63. The molecule has 160 valence electrons. The van der Waals surface area contributed by atoms with Gasteiger partial charge in [-0.3, -0.25) is 10.4 Å². The van der Waals surface area contributed by atoms with Crippen molar-refractivity contribution < 1.29 is 23.0 Å². The van der Waals surface area contributed by atoms with Crippen LogP contribution in [0.4, 0.5) is 14.5 Å². The lowest BCUT2D eigenvalue weighted by atomic mass is 10.0. The van der Waals surface area contributed by atoms with Crippen molar-refractivity contribution in [2.75, 3.05) is 26.3 Å². The standard InChI is InChI=1S/C24H22F2N2O3/c1-29-22-12-16(13-23(30-2)24(22)31-3)21-14-19(15-8-10-17(25)11-9-15)27-28(21)20-7-5-4-6-18(20)26/h4-14,21,27H,1-3H3. The Balaban J connectivity index is 1.84. The maximum atomic E-state index is 14.7. The zero-order valence-corrected chi connectivity index (χ0v) is 17.4. The molecular weight excluding hydrogens is 402 g/mol. The average molecular weight is 424 g/mol. The van der Waals surface area contributed by atoms with Crippen molar-refractivity contribution in [3.63, 3.8) is 0 Å². The van der Waals surface area contributed by atoms with Gasteiger partial charge < -0.3 is 14.2 Å². The first-order valence-corrected chi connectivity index (χ1v) is 9.63. The molecule has 3 aromatic rings. The summed E-state index contributed by atoms with van der Waals surface area (Å²) in [6, 6.07) is 15.9. The summed E-state index contributed by atoms with van der Waals surface area (Å²) >= 11 is 0. The molecular formula is C24H22F2N2O3. The smallest absolute Gasteiger partial charge is 0.203 e. The van der Waals surface area contributed by atoms with Crippen molar-refractivity contribution in [3.8, 4) is 17.2 Å². The maximum absolute atomic E-state index is 14.7. The first-order valence-electron chi connectivity index (χ1n) is 9.63. The van der Waals surface area contributed by atoms with Crippen LogP contribution in [0, 0.1) is 11.6 Å². The van der Waals surface area contributed by atoms with Crippen LogP contribution in [-0.4, -0.2) is 21.3 Å². The fourth-order valence-corrected chi connectivity index (χ4v) is 3.63. The summed E-state index contributed by atoms with van der Waals surface area (Å²) in [5.41, 5.74) is 5.92. The monoisotopic (exact) mass is 424 g/mol. The largest absolute Gasteiger partial charge is 0.493 e. The second kappa shape index (κ2) is 8.55. The van der Waals surface area contributed by atoms with Crippen LogP contribution in [0.2, 0.25) is 0 Å². The highest BCUT2D eigenvalue weighted by Crippen LogP contribution is 2.43. The summed E-state index contributed by atoms with van der Waals surface area (Å²) in [6.45, 7) is 0. The molecule has 1 aliphatic rings. The normalized spacial score (nSPS) is 15.3. The number of anilines is 1. The Hall–Kier alpha value is -3.74. The van der Waals surface area contributed by atoms with Crippen molar-refractivity contribution in [1.29, 1.82) is 0 Å². The summed E-state index contributed by atoms with van der Waals surface area (Å²) < 4.78 is 44.5. The Morgan fingerprint density at radius 2 is 1.48 bits per heavy atom. The van der Waals surface area contributed by atoms with Crippen molar-refractivity contribution in [3.05, 3.63) is 89.5 Å². The maximum Gasteiger partial charge on any atom is 0.203 e. The molecule has 4 rings (SSSR count). The van der Waals surface area contributed by atoms with E-state index in [4.69, 9.17) is 14.2 Å². The molecule has 1 atom stereocenters. The molecule has 0 bridgehead atoms. The lowest BCUT2D eigenvalue weighted by Crippen LogP contribution is -2.34. The van der Waals surface area contributed by atoms with Crippen LogP contribution in [-0.2, 0) is 0 Å². The predicted octanol–water partition coefficient (Wildman–Crippen LogP) is 5.10. The quantitative estimate of drug-likeness (QED) is 0.597. The third-order valence-electron chi connectivity index (χ3n) is 5.14. The number of nitrogens with zero attached hydrogens (tertiary/aromatic N) is 1. The van der Waals surface area contributed by atoms with Crippen molar-refractivity contribution in [2.24, 2.45) is 0 Å². The van der Waals surface area contributed by atoms with Crippen LogP contribution in [0.15, 0.2) is 66.7 Å². The Kier molecular flexibility index (Phi) is 5.66. The lowest BCUT2D eigenvalue weighted by molar-refractivity contribution is 0.323. The molecule has 5 nitrogen and oxygen atoms in total. The zero-order chi connectivity index (χ0) is 22.0. The molecule has 1 aliphatic heterocycles. The van der Waals surface area contributed by atoms with Gasteiger partial charge in [0.1, 0.15) is 11.6 Å². The molecule has 0 spiro atoms. The molecule has 7 heteroatoms. The van der Waals surface area contributed by atoms with Gasteiger partial charge in [-0.1, -0.05) is 12.1 Å². The highest BCUT2D eigenvalue weighted by atomic mass is 19.1. The number of nitrogens with one attached hydrogen (secondary N) is 1. The summed E-state index contributed by atoms with van der Waals surface area (Å²) in [4.78, 5) is 0. The van der Waals surface area contributed by atoms with Gasteiger partial charge in [-0.25, -0.2) is 8.78 Å². The molecule has 0 radical (unpaired) electrons. The third kappa shape index (κ3) is 3.86. The van der Waals surface area contributed by atoms with Crippen LogP contribution >= 0.6 is 0 Å². The van der Waals surface area contributed by atoms with Crippen LogP contribution in [0.3, 0.4) is 0 Å². The minimum absolute atomic E-state index is 0.325. The van der Waals surface area contributed by atoms with E-state index in [1.807, 2.05) is 18.2 Å². The highest BCUT2D eigenvalue weighted by Gasteiger charge is 2.30. The molecule has 1 N–H and O–H groups in total. The number of ether oxygens (including phenoxy) is 3. The van der Waals surface area contributed by atoms with E-state index in [-0.39, 0.29) is 11.6 Å². The second-order valence-corrected chi connectivity index (χ2v) is 6.92. The number of hydrogen-bond acceptors (Lipinski definition) is 5. The fourth-order valence-electron chi connectivity index (χ4n) is 3.63. The van der Waals surface area contributed by atoms with Gasteiger partial charge in [0, 0.05) is 0 Å². The van der Waals surface area contributed by atoms with Crippen molar-refractivity contribution >= 4 is 11.4 Å². The molecule has 1 heterocycles. The van der Waals surface area contributed by atoms with Gasteiger partial charge in [0.05, 0.1) is 38.8 Å². The van der Waals surface area contributed by atoms with Gasteiger partial charge >= 0.3 is 0 Å². The van der Waals surface area contributed by atoms with Gasteiger partial charge in [0.25, 0.3) is 0 Å². The van der Waals surface area contributed by atoms with E-state index in [0.29, 0.717) is 22.9 Å². The predicted molar refractivity (Wildman–Crippen MR) is 115 cm³/mol. The van der Waals surface area contributed by atoms with Crippen LogP contribution in [0.1, 0.15) is 17.2 Å². The minimum atomic E-state index is -0.398. The molecule has 0 amide bonds. The average Bonchev–Trinajstić information content (AvgIpc) is 3.24. The summed E-state index contributed by atoms with van der Waals surface area (Å²) in [6.07, 6.45) is 1.94. The Bertz CT molecular complexity index is 1090. The minimum Gasteiger partial charge on any atom is -0.493 e. The second-order valence-electron chi connectivity index (χ2n) is 6.92. The Labute approximate surface area is 179 Å². The van der Waals surface area contributed by atoms with Gasteiger partial charge in [0.2, 0.25) is 5.75 Å². The topological polar surface area (TPSA) is 43.0 Å². The number of hydrogen-bond donors (Lipinski definition) is 1. The zero-order valence-electron chi connectivity index (χ0n) is 17.4. The molecule has 0 aromatic heterocycles. The lowest BCUT2D eigenvalue weighted by Gasteiger charge is -2.28. The number of halogens is 2. The molecule has 31 heavy (non-hydrogen) atoms. The highest BCUT2D eigenvalue weighted by molar-refractivity contribution is 5.73. The van der Waals surface area contributed by atoms with E-state index in [9.17, 15) is 8.78 Å². The van der Waals surface area contributed by atoms with E-state index in [0.717, 1.165) is 16.8 Å². The van der Waals surface area contributed by atoms with E-state index >= 15 is 0 Å². The van der Waals surface area contributed by atoms with Gasteiger partial charge in [0.15, 0.2) is 11.5 Å². The van der Waals surface area contributed by atoms with Crippen molar-refractivity contribution in [1.82, 2.24) is 5.43 Å². The SMILES string of the molecule is COc1cc(C2C=C(c3ccc(F)cc3)NN2c2ccccc2F)cc(OC)c1OC. The molecule has 0 aliphatic carbocycles. The number of benzene rings is 3. The van der Waals surface area contributed by atoms with Gasteiger partial charge in [-0.2, -0.15) is 0 Å². The molecule has 0 fully saturated rings. The van der Waals surface area contributed by atoms with E-state index in [1.54, 1.807) is 49.6 Å². The first-order chi connectivity index (χ1) is 15.0. The Morgan fingerprint density at radius 1 is 0.839 bits per heavy atom. The Morgan fingerprint density at radius 3 is 2.06 bits per heavy atom. The third-order valence-corrected chi connectivity index (χ3v) is 5.14.